The van der Waals surface area contributed by atoms with Gasteiger partial charge in [-0.25, -0.2) is 0 Å². The van der Waals surface area contributed by atoms with Crippen molar-refractivity contribution in [1.29, 1.82) is 0 Å². The van der Waals surface area contributed by atoms with Crippen LogP contribution in [-0.4, -0.2) is 47.6 Å². The zero-order valence-electron chi connectivity index (χ0n) is 10.6. The summed E-state index contributed by atoms with van der Waals surface area (Å²) >= 11 is 0. The maximum absolute atomic E-state index is 12.1. The predicted molar refractivity (Wildman–Crippen MR) is 64.7 cm³/mol. The highest BCUT2D eigenvalue weighted by atomic mass is 16.4. The van der Waals surface area contributed by atoms with Crippen molar-refractivity contribution in [2.45, 2.75) is 39.2 Å². The van der Waals surface area contributed by atoms with Crippen LogP contribution in [0.1, 0.15) is 33.1 Å². The monoisotopic (exact) mass is 242 g/mol. The summed E-state index contributed by atoms with van der Waals surface area (Å²) in [4.78, 5) is 24.6. The van der Waals surface area contributed by atoms with Crippen molar-refractivity contribution in [2.75, 3.05) is 19.6 Å². The van der Waals surface area contributed by atoms with E-state index in [1.54, 1.807) is 4.90 Å². The maximum atomic E-state index is 12.1. The molecule has 5 nitrogen and oxygen atoms in total. The van der Waals surface area contributed by atoms with Crippen molar-refractivity contribution in [3.05, 3.63) is 0 Å². The molecule has 1 atom stereocenters. The van der Waals surface area contributed by atoms with Crippen LogP contribution >= 0.6 is 0 Å². The third-order valence-electron chi connectivity index (χ3n) is 2.96. The van der Waals surface area contributed by atoms with Crippen LogP contribution in [0.5, 0.6) is 0 Å². The number of carbonyl (C=O) groups is 2. The van der Waals surface area contributed by atoms with E-state index in [1.165, 1.54) is 0 Å². The van der Waals surface area contributed by atoms with Crippen molar-refractivity contribution in [3.63, 3.8) is 0 Å². The second-order valence-corrected chi connectivity index (χ2v) is 4.97. The quantitative estimate of drug-likeness (QED) is 0.744. The average molecular weight is 242 g/mol. The van der Waals surface area contributed by atoms with Crippen LogP contribution in [0.3, 0.4) is 0 Å². The molecule has 1 aliphatic rings. The van der Waals surface area contributed by atoms with Crippen LogP contribution in [0.2, 0.25) is 0 Å². The largest absolute Gasteiger partial charge is 0.481 e. The van der Waals surface area contributed by atoms with Gasteiger partial charge in [-0.1, -0.05) is 13.8 Å². The molecule has 1 rings (SSSR count). The number of hydrogen-bond acceptors (Lipinski definition) is 3. The Morgan fingerprint density at radius 2 is 2.29 bits per heavy atom. The minimum Gasteiger partial charge on any atom is -0.481 e. The molecule has 1 saturated heterocycles. The lowest BCUT2D eigenvalue weighted by molar-refractivity contribution is -0.142. The summed E-state index contributed by atoms with van der Waals surface area (Å²) < 4.78 is 0. The van der Waals surface area contributed by atoms with Crippen LogP contribution < -0.4 is 5.32 Å². The van der Waals surface area contributed by atoms with Crippen molar-refractivity contribution >= 4 is 11.9 Å². The van der Waals surface area contributed by atoms with Crippen LogP contribution in [0, 0.1) is 5.92 Å². The van der Waals surface area contributed by atoms with Crippen molar-refractivity contribution in [1.82, 2.24) is 10.2 Å². The first-order valence-electron chi connectivity index (χ1n) is 6.24. The van der Waals surface area contributed by atoms with Gasteiger partial charge in [-0.15, -0.1) is 0 Å². The smallest absolute Gasteiger partial charge is 0.305 e. The normalized spacial score (nSPS) is 21.7. The molecule has 0 radical (unpaired) electrons. The van der Waals surface area contributed by atoms with Crippen LogP contribution in [-0.2, 0) is 9.59 Å². The first-order valence-corrected chi connectivity index (χ1v) is 6.24. The highest BCUT2D eigenvalue weighted by Crippen LogP contribution is 2.09. The predicted octanol–water partition coefficient (Wildman–Crippen LogP) is 0.698. The van der Waals surface area contributed by atoms with Gasteiger partial charge in [0.15, 0.2) is 0 Å². The molecule has 0 aromatic rings. The molecule has 0 saturated carbocycles. The van der Waals surface area contributed by atoms with Gasteiger partial charge in [-0.05, 0) is 25.3 Å². The summed E-state index contributed by atoms with van der Waals surface area (Å²) in [7, 11) is 0. The summed E-state index contributed by atoms with van der Waals surface area (Å²) in [6.07, 6.45) is 1.72. The van der Waals surface area contributed by atoms with Gasteiger partial charge in [0.05, 0.1) is 12.5 Å². The third kappa shape index (κ3) is 4.73. The van der Waals surface area contributed by atoms with Gasteiger partial charge in [0.2, 0.25) is 5.91 Å². The number of carbonyl (C=O) groups excluding carboxylic acids is 1. The second kappa shape index (κ2) is 6.59. The zero-order valence-corrected chi connectivity index (χ0v) is 10.6. The van der Waals surface area contributed by atoms with Gasteiger partial charge < -0.3 is 15.3 Å². The Bertz CT molecular complexity index is 279. The molecule has 1 heterocycles. The highest BCUT2D eigenvalue weighted by molar-refractivity contribution is 5.86. The Hall–Kier alpha value is -1.10. The van der Waals surface area contributed by atoms with E-state index in [2.05, 4.69) is 19.2 Å². The summed E-state index contributed by atoms with van der Waals surface area (Å²) in [5, 5.41) is 11.8. The molecule has 2 N–H and O–H groups in total. The lowest BCUT2D eigenvalue weighted by Crippen LogP contribution is -2.45. The van der Waals surface area contributed by atoms with E-state index < -0.39 is 12.0 Å². The van der Waals surface area contributed by atoms with Gasteiger partial charge in [0.1, 0.15) is 0 Å². The molecular weight excluding hydrogens is 220 g/mol. The van der Waals surface area contributed by atoms with Crippen LogP contribution in [0.25, 0.3) is 0 Å². The lowest BCUT2D eigenvalue weighted by atomic mass is 10.1. The van der Waals surface area contributed by atoms with Crippen molar-refractivity contribution in [2.24, 2.45) is 5.92 Å². The van der Waals surface area contributed by atoms with E-state index in [4.69, 9.17) is 5.11 Å². The summed E-state index contributed by atoms with van der Waals surface area (Å²) in [6.45, 7) is 6.41. The average Bonchev–Trinajstić information content (AvgIpc) is 2.39. The fraction of sp³-hybridized carbons (Fsp3) is 0.833. The molecule has 1 unspecified atom stereocenters. The Morgan fingerprint density at radius 1 is 1.59 bits per heavy atom. The molecule has 17 heavy (non-hydrogen) atoms. The minimum atomic E-state index is -0.929. The maximum Gasteiger partial charge on any atom is 0.305 e. The third-order valence-corrected chi connectivity index (χ3v) is 2.96. The molecule has 0 aromatic carbocycles. The van der Waals surface area contributed by atoms with Crippen LogP contribution in [0.15, 0.2) is 0 Å². The number of amides is 1. The molecule has 1 aliphatic heterocycles. The molecule has 98 valence electrons. The Labute approximate surface area is 102 Å². The second-order valence-electron chi connectivity index (χ2n) is 4.97. The molecule has 1 fully saturated rings. The summed E-state index contributed by atoms with van der Waals surface area (Å²) in [5.74, 6) is -0.441. The van der Waals surface area contributed by atoms with Gasteiger partial charge in [0.25, 0.3) is 0 Å². The molecule has 1 amide bonds. The number of nitrogens with one attached hydrogen (secondary N) is 1. The number of nitrogens with zero attached hydrogens (tertiary/aromatic N) is 1. The highest BCUT2D eigenvalue weighted by Gasteiger charge is 2.28. The van der Waals surface area contributed by atoms with E-state index in [-0.39, 0.29) is 12.3 Å². The molecule has 0 bridgehead atoms. The number of aliphatic carboxylic acids is 1. The fourth-order valence-corrected chi connectivity index (χ4v) is 1.93. The van der Waals surface area contributed by atoms with E-state index in [9.17, 15) is 9.59 Å². The minimum absolute atomic E-state index is 0.0643. The van der Waals surface area contributed by atoms with E-state index >= 15 is 0 Å². The fourth-order valence-electron chi connectivity index (χ4n) is 1.93. The molecule has 0 aliphatic carbocycles. The van der Waals surface area contributed by atoms with Crippen LogP contribution in [0.4, 0.5) is 0 Å². The lowest BCUT2D eigenvalue weighted by Gasteiger charge is -2.24. The number of carboxylic acids is 1. The van der Waals surface area contributed by atoms with E-state index in [0.29, 0.717) is 12.5 Å². The molecule has 0 spiro atoms. The van der Waals surface area contributed by atoms with Crippen molar-refractivity contribution < 1.29 is 14.7 Å². The number of rotatable bonds is 5. The first kappa shape index (κ1) is 14.0. The molecule has 5 heteroatoms. The molecular formula is C12H22N2O3. The van der Waals surface area contributed by atoms with E-state index in [0.717, 1.165) is 25.9 Å². The van der Waals surface area contributed by atoms with Crippen molar-refractivity contribution in [3.8, 4) is 0 Å². The Kier molecular flexibility index (Phi) is 5.41. The van der Waals surface area contributed by atoms with Gasteiger partial charge in [0, 0.05) is 13.1 Å². The van der Waals surface area contributed by atoms with Gasteiger partial charge in [-0.2, -0.15) is 0 Å². The van der Waals surface area contributed by atoms with Gasteiger partial charge >= 0.3 is 5.97 Å². The summed E-state index contributed by atoms with van der Waals surface area (Å²) in [6, 6.07) is -0.554. The Balaban J connectivity index is 2.57. The standard InChI is InChI=1S/C12H22N2O3/c1-9(2)4-7-14-6-3-5-13-10(12(14)17)8-11(15)16/h9-10,13H,3-8H2,1-2H3,(H,15,16). The SMILES string of the molecule is CC(C)CCN1CCCNC(CC(=O)O)C1=O. The first-order chi connectivity index (χ1) is 8.00. The van der Waals surface area contributed by atoms with Gasteiger partial charge in [-0.3, -0.25) is 9.59 Å². The number of hydrogen-bond donors (Lipinski definition) is 2. The number of carboxylic acid groups (broad SMARTS) is 1. The summed E-state index contributed by atoms with van der Waals surface area (Å²) in [5.41, 5.74) is 0. The Morgan fingerprint density at radius 3 is 2.88 bits per heavy atom. The zero-order chi connectivity index (χ0) is 12.8. The molecule has 0 aromatic heterocycles. The van der Waals surface area contributed by atoms with E-state index in [1.807, 2.05) is 0 Å². The topological polar surface area (TPSA) is 69.6 Å².